The Balaban J connectivity index is 1.86. The van der Waals surface area contributed by atoms with E-state index in [-0.39, 0.29) is 5.91 Å². The molecule has 0 atom stereocenters. The third-order valence-electron chi connectivity index (χ3n) is 4.15. The van der Waals surface area contributed by atoms with Gasteiger partial charge in [0.25, 0.3) is 5.91 Å². The number of nitrogens with one attached hydrogen (secondary N) is 1. The fraction of sp³-hybridized carbons (Fsp3) is 0.174. The van der Waals surface area contributed by atoms with Gasteiger partial charge in [0.2, 0.25) is 0 Å². The fourth-order valence-corrected chi connectivity index (χ4v) is 3.03. The molecule has 0 aliphatic heterocycles. The Morgan fingerprint density at radius 2 is 1.69 bits per heavy atom. The van der Waals surface area contributed by atoms with E-state index in [9.17, 15) is 4.79 Å². The maximum atomic E-state index is 12.8. The van der Waals surface area contributed by atoms with Crippen LogP contribution in [0.4, 0.5) is 5.69 Å². The predicted octanol–water partition coefficient (Wildman–Crippen LogP) is 5.58. The lowest BCUT2D eigenvalue weighted by Gasteiger charge is -2.16. The molecular formula is C23H22ClNO4. The van der Waals surface area contributed by atoms with Crippen LogP contribution in [-0.2, 0) is 6.61 Å². The monoisotopic (exact) mass is 411 g/mol. The highest BCUT2D eigenvalue weighted by molar-refractivity contribution is 6.32. The number of rotatable bonds is 8. The van der Waals surface area contributed by atoms with Gasteiger partial charge in [-0.1, -0.05) is 54.1 Å². The van der Waals surface area contributed by atoms with Gasteiger partial charge in [-0.3, -0.25) is 4.79 Å². The van der Waals surface area contributed by atoms with Crippen molar-refractivity contribution in [1.82, 2.24) is 0 Å². The smallest absolute Gasteiger partial charge is 0.255 e. The van der Waals surface area contributed by atoms with Gasteiger partial charge in [0.15, 0.2) is 11.5 Å². The molecule has 0 saturated heterocycles. The molecule has 0 aliphatic rings. The molecule has 5 nitrogen and oxygen atoms in total. The second-order valence-electron chi connectivity index (χ2n) is 6.15. The first-order valence-electron chi connectivity index (χ1n) is 9.19. The predicted molar refractivity (Wildman–Crippen MR) is 114 cm³/mol. The number of ether oxygens (including phenoxy) is 3. The van der Waals surface area contributed by atoms with E-state index in [0.29, 0.717) is 46.7 Å². The molecule has 0 aliphatic carbocycles. The van der Waals surface area contributed by atoms with E-state index < -0.39 is 0 Å². The highest BCUT2D eigenvalue weighted by Crippen LogP contribution is 2.37. The first kappa shape index (κ1) is 20.6. The van der Waals surface area contributed by atoms with Crippen LogP contribution in [0.5, 0.6) is 17.2 Å². The number of anilines is 1. The standard InChI is InChI=1S/C23H22ClNO4/c1-3-28-22-18(24)13-17(14-21(22)29-15-16-9-5-4-6-10-16)23(26)25-19-11-7-8-12-20(19)27-2/h4-14H,3,15H2,1-2H3,(H,25,26). The number of halogens is 1. The van der Waals surface area contributed by atoms with Gasteiger partial charge < -0.3 is 19.5 Å². The molecule has 3 aromatic carbocycles. The quantitative estimate of drug-likeness (QED) is 0.525. The molecule has 29 heavy (non-hydrogen) atoms. The number of carbonyl (C=O) groups excluding carboxylic acids is 1. The Bertz CT molecular complexity index is 976. The average Bonchev–Trinajstić information content (AvgIpc) is 2.75. The lowest BCUT2D eigenvalue weighted by atomic mass is 10.1. The highest BCUT2D eigenvalue weighted by Gasteiger charge is 2.17. The van der Waals surface area contributed by atoms with Gasteiger partial charge in [0.1, 0.15) is 12.4 Å². The van der Waals surface area contributed by atoms with E-state index in [0.717, 1.165) is 5.56 Å². The van der Waals surface area contributed by atoms with Crippen LogP contribution in [0.15, 0.2) is 66.7 Å². The molecule has 0 bridgehead atoms. The van der Waals surface area contributed by atoms with Crippen molar-refractivity contribution in [3.8, 4) is 17.2 Å². The highest BCUT2D eigenvalue weighted by atomic mass is 35.5. The zero-order valence-electron chi connectivity index (χ0n) is 16.3. The number of carbonyl (C=O) groups is 1. The van der Waals surface area contributed by atoms with E-state index in [1.54, 1.807) is 31.4 Å². The van der Waals surface area contributed by atoms with Crippen LogP contribution in [0, 0.1) is 0 Å². The van der Waals surface area contributed by atoms with Crippen LogP contribution in [0.3, 0.4) is 0 Å². The Morgan fingerprint density at radius 3 is 2.41 bits per heavy atom. The van der Waals surface area contributed by atoms with Crippen molar-refractivity contribution in [2.75, 3.05) is 19.0 Å². The maximum absolute atomic E-state index is 12.8. The average molecular weight is 412 g/mol. The van der Waals surface area contributed by atoms with E-state index in [1.165, 1.54) is 0 Å². The molecule has 0 spiro atoms. The number of amides is 1. The number of hydrogen-bond acceptors (Lipinski definition) is 4. The molecule has 0 aromatic heterocycles. The van der Waals surface area contributed by atoms with E-state index in [2.05, 4.69) is 5.32 Å². The van der Waals surface area contributed by atoms with Crippen LogP contribution in [0.1, 0.15) is 22.8 Å². The second-order valence-corrected chi connectivity index (χ2v) is 6.55. The van der Waals surface area contributed by atoms with Gasteiger partial charge in [-0.15, -0.1) is 0 Å². The van der Waals surface area contributed by atoms with Gasteiger partial charge in [0, 0.05) is 5.56 Å². The van der Waals surface area contributed by atoms with Crippen LogP contribution >= 0.6 is 11.6 Å². The van der Waals surface area contributed by atoms with Crippen LogP contribution in [-0.4, -0.2) is 19.6 Å². The van der Waals surface area contributed by atoms with Gasteiger partial charge in [-0.25, -0.2) is 0 Å². The SMILES string of the molecule is CCOc1c(Cl)cc(C(=O)Nc2ccccc2OC)cc1OCc1ccccc1. The second kappa shape index (κ2) is 9.85. The summed E-state index contributed by atoms with van der Waals surface area (Å²) < 4.78 is 16.8. The fourth-order valence-electron chi connectivity index (χ4n) is 2.77. The topological polar surface area (TPSA) is 56.8 Å². The summed E-state index contributed by atoms with van der Waals surface area (Å²) in [5.74, 6) is 1.06. The zero-order valence-corrected chi connectivity index (χ0v) is 17.0. The molecule has 0 radical (unpaired) electrons. The minimum absolute atomic E-state index is 0.308. The molecule has 0 unspecified atom stereocenters. The molecule has 150 valence electrons. The summed E-state index contributed by atoms with van der Waals surface area (Å²) in [6.45, 7) is 2.61. The van der Waals surface area contributed by atoms with Crippen molar-refractivity contribution in [1.29, 1.82) is 0 Å². The van der Waals surface area contributed by atoms with Crippen molar-refractivity contribution in [3.63, 3.8) is 0 Å². The maximum Gasteiger partial charge on any atom is 0.255 e. The Hall–Kier alpha value is -3.18. The van der Waals surface area contributed by atoms with Crippen molar-refractivity contribution >= 4 is 23.2 Å². The van der Waals surface area contributed by atoms with Gasteiger partial charge in [-0.05, 0) is 36.8 Å². The lowest BCUT2D eigenvalue weighted by Crippen LogP contribution is -2.13. The van der Waals surface area contributed by atoms with E-state index in [1.807, 2.05) is 49.4 Å². The molecular weight excluding hydrogens is 390 g/mol. The largest absolute Gasteiger partial charge is 0.495 e. The minimum atomic E-state index is -0.330. The summed E-state index contributed by atoms with van der Waals surface area (Å²) in [6, 6.07) is 20.1. The summed E-state index contributed by atoms with van der Waals surface area (Å²) in [6.07, 6.45) is 0. The Kier molecular flexibility index (Phi) is 6.98. The minimum Gasteiger partial charge on any atom is -0.495 e. The number of para-hydroxylation sites is 2. The Labute approximate surface area is 175 Å². The number of benzene rings is 3. The lowest BCUT2D eigenvalue weighted by molar-refractivity contribution is 0.102. The normalized spacial score (nSPS) is 10.3. The van der Waals surface area contributed by atoms with E-state index in [4.69, 9.17) is 25.8 Å². The van der Waals surface area contributed by atoms with Crippen LogP contribution in [0.2, 0.25) is 5.02 Å². The van der Waals surface area contributed by atoms with Gasteiger partial charge >= 0.3 is 0 Å². The first-order chi connectivity index (χ1) is 14.1. The van der Waals surface area contributed by atoms with Crippen molar-refractivity contribution < 1.29 is 19.0 Å². The van der Waals surface area contributed by atoms with Crippen molar-refractivity contribution in [3.05, 3.63) is 82.9 Å². The van der Waals surface area contributed by atoms with E-state index >= 15 is 0 Å². The van der Waals surface area contributed by atoms with Crippen LogP contribution in [0.25, 0.3) is 0 Å². The summed E-state index contributed by atoms with van der Waals surface area (Å²) in [4.78, 5) is 12.8. The third-order valence-corrected chi connectivity index (χ3v) is 4.43. The molecule has 0 saturated carbocycles. The molecule has 0 heterocycles. The van der Waals surface area contributed by atoms with Crippen molar-refractivity contribution in [2.24, 2.45) is 0 Å². The molecule has 3 rings (SSSR count). The van der Waals surface area contributed by atoms with Gasteiger partial charge in [-0.2, -0.15) is 0 Å². The molecule has 1 N–H and O–H groups in total. The van der Waals surface area contributed by atoms with Gasteiger partial charge in [0.05, 0.1) is 24.4 Å². The third kappa shape index (κ3) is 5.21. The molecule has 1 amide bonds. The Morgan fingerprint density at radius 1 is 0.966 bits per heavy atom. The summed E-state index contributed by atoms with van der Waals surface area (Å²) in [5.41, 5.74) is 1.92. The number of hydrogen-bond donors (Lipinski definition) is 1. The number of methoxy groups -OCH3 is 1. The summed E-state index contributed by atoms with van der Waals surface area (Å²) >= 11 is 6.39. The molecule has 0 fully saturated rings. The molecule has 3 aromatic rings. The molecule has 6 heteroatoms. The first-order valence-corrected chi connectivity index (χ1v) is 9.57. The van der Waals surface area contributed by atoms with Crippen molar-refractivity contribution in [2.45, 2.75) is 13.5 Å². The van der Waals surface area contributed by atoms with Crippen LogP contribution < -0.4 is 19.5 Å². The summed E-state index contributed by atoms with van der Waals surface area (Å²) in [5, 5.41) is 3.15. The zero-order chi connectivity index (χ0) is 20.6. The summed E-state index contributed by atoms with van der Waals surface area (Å²) in [7, 11) is 1.55.